The predicted molar refractivity (Wildman–Crippen MR) is 79.0 cm³/mol. The predicted octanol–water partition coefficient (Wildman–Crippen LogP) is 2.28. The fourth-order valence-corrected chi connectivity index (χ4v) is 2.49. The normalized spacial score (nSPS) is 15.8. The highest BCUT2D eigenvalue weighted by Crippen LogP contribution is 2.36. The summed E-state index contributed by atoms with van der Waals surface area (Å²) >= 11 is 6.71. The lowest BCUT2D eigenvalue weighted by Gasteiger charge is -2.11. The lowest BCUT2D eigenvalue weighted by atomic mass is 10.2. The van der Waals surface area contributed by atoms with Crippen LogP contribution >= 0.6 is 23.5 Å². The van der Waals surface area contributed by atoms with Gasteiger partial charge in [-0.1, -0.05) is 17.7 Å². The molecule has 108 valence electrons. The summed E-state index contributed by atoms with van der Waals surface area (Å²) in [6.07, 6.45) is 1.95. The Morgan fingerprint density at radius 3 is 2.75 bits per heavy atom. The van der Waals surface area contributed by atoms with E-state index in [4.69, 9.17) is 22.5 Å². The lowest BCUT2D eigenvalue weighted by molar-refractivity contribution is -0.117. The molecule has 1 saturated carbocycles. The third kappa shape index (κ3) is 3.45. The van der Waals surface area contributed by atoms with Crippen LogP contribution in [-0.2, 0) is 11.3 Å². The number of carbonyl (C=O) groups is 1. The van der Waals surface area contributed by atoms with E-state index in [9.17, 15) is 9.18 Å². The maximum absolute atomic E-state index is 13.6. The average Bonchev–Trinajstić information content (AvgIpc) is 3.23. The molecule has 0 bridgehead atoms. The highest BCUT2D eigenvalue weighted by atomic mass is 35.5. The maximum atomic E-state index is 13.6. The number of carbonyl (C=O) groups excluding carboxylic acids is 1. The molecule has 0 saturated heterocycles. The fourth-order valence-electron chi connectivity index (χ4n) is 1.78. The summed E-state index contributed by atoms with van der Waals surface area (Å²) in [5.41, 5.74) is 6.63. The van der Waals surface area contributed by atoms with Crippen LogP contribution in [0, 0.1) is 11.7 Å². The molecule has 2 rings (SSSR count). The molecule has 20 heavy (non-hydrogen) atoms. The van der Waals surface area contributed by atoms with Crippen LogP contribution in [0.25, 0.3) is 0 Å². The van der Waals surface area contributed by atoms with Crippen molar-refractivity contribution in [3.8, 4) is 0 Å². The molecule has 1 aliphatic rings. The van der Waals surface area contributed by atoms with E-state index in [0.717, 1.165) is 24.8 Å². The summed E-state index contributed by atoms with van der Waals surface area (Å²) < 4.78 is 13.6. The van der Waals surface area contributed by atoms with E-state index in [1.54, 1.807) is 6.07 Å². The van der Waals surface area contributed by atoms with Crippen molar-refractivity contribution in [2.24, 2.45) is 16.8 Å². The summed E-state index contributed by atoms with van der Waals surface area (Å²) in [6, 6.07) is 4.37. The van der Waals surface area contributed by atoms with E-state index < -0.39 is 11.7 Å². The minimum absolute atomic E-state index is 0.00759. The van der Waals surface area contributed by atoms with Crippen LogP contribution in [0.4, 0.5) is 4.39 Å². The third-order valence-electron chi connectivity index (χ3n) is 3.09. The molecule has 0 aliphatic heterocycles. The number of halogens is 2. The molecule has 0 atom stereocenters. The largest absolute Gasteiger partial charge is 0.401 e. The Hall–Kier alpha value is -1.24. The maximum Gasteiger partial charge on any atom is 0.261 e. The van der Waals surface area contributed by atoms with Crippen molar-refractivity contribution in [3.05, 3.63) is 45.2 Å². The Balaban J connectivity index is 2.06. The summed E-state index contributed by atoms with van der Waals surface area (Å²) in [5, 5.41) is 8.35. The van der Waals surface area contributed by atoms with Gasteiger partial charge in [0.15, 0.2) is 0 Å². The zero-order valence-corrected chi connectivity index (χ0v) is 12.2. The molecule has 0 spiro atoms. The highest BCUT2D eigenvalue weighted by molar-refractivity contribution is 8.01. The summed E-state index contributed by atoms with van der Waals surface area (Å²) in [6.45, 7) is -0.00759. The molecule has 1 amide bonds. The van der Waals surface area contributed by atoms with Gasteiger partial charge in [-0.2, -0.15) is 0 Å². The average molecular weight is 316 g/mol. The van der Waals surface area contributed by atoms with Gasteiger partial charge in [0.1, 0.15) is 10.7 Å². The first-order valence-electron chi connectivity index (χ1n) is 6.12. The molecule has 4 nitrogen and oxygen atoms in total. The van der Waals surface area contributed by atoms with Crippen molar-refractivity contribution >= 4 is 29.5 Å². The molecular weight excluding hydrogens is 301 g/mol. The molecule has 0 heterocycles. The van der Waals surface area contributed by atoms with Crippen molar-refractivity contribution in [3.63, 3.8) is 0 Å². The molecule has 1 aromatic rings. The Bertz CT molecular complexity index is 540. The van der Waals surface area contributed by atoms with Crippen LogP contribution in [0.5, 0.6) is 0 Å². The highest BCUT2D eigenvalue weighted by Gasteiger charge is 2.28. The Labute approximate surface area is 125 Å². The van der Waals surface area contributed by atoms with Gasteiger partial charge >= 0.3 is 0 Å². The van der Waals surface area contributed by atoms with Crippen molar-refractivity contribution in [2.75, 3.05) is 0 Å². The number of allylic oxidation sites excluding steroid dienone is 1. The van der Waals surface area contributed by atoms with Gasteiger partial charge in [0.2, 0.25) is 0 Å². The summed E-state index contributed by atoms with van der Waals surface area (Å²) in [4.78, 5) is 12.3. The molecule has 7 heteroatoms. The van der Waals surface area contributed by atoms with E-state index in [0.29, 0.717) is 10.6 Å². The fraction of sp³-hybridized carbons (Fsp3) is 0.308. The molecule has 0 unspecified atom stereocenters. The first-order valence-corrected chi connectivity index (χ1v) is 7.37. The van der Waals surface area contributed by atoms with Crippen LogP contribution in [0.15, 0.2) is 28.8 Å². The van der Waals surface area contributed by atoms with Gasteiger partial charge < -0.3 is 11.1 Å². The standard InChI is InChI=1S/C13H15ClFN3OS/c14-9-2-1-3-10(15)8(9)6-18-13(19)12(20-17)11(16)7-4-5-7/h1-3,7H,4-6,16-17H2,(H,18,19)/b12-11-. The minimum atomic E-state index is -0.459. The van der Waals surface area contributed by atoms with E-state index in [1.165, 1.54) is 12.1 Å². The van der Waals surface area contributed by atoms with Crippen molar-refractivity contribution < 1.29 is 9.18 Å². The van der Waals surface area contributed by atoms with Gasteiger partial charge in [0.25, 0.3) is 5.91 Å². The molecule has 0 radical (unpaired) electrons. The Kier molecular flexibility index (Phi) is 4.91. The number of benzene rings is 1. The van der Waals surface area contributed by atoms with E-state index in [1.807, 2.05) is 0 Å². The number of nitrogens with one attached hydrogen (secondary N) is 1. The Morgan fingerprint density at radius 1 is 1.50 bits per heavy atom. The van der Waals surface area contributed by atoms with E-state index in [2.05, 4.69) is 5.32 Å². The van der Waals surface area contributed by atoms with Gasteiger partial charge in [-0.05, 0) is 42.8 Å². The number of nitrogens with two attached hydrogens (primary N) is 2. The number of rotatable bonds is 5. The van der Waals surface area contributed by atoms with Crippen LogP contribution in [-0.4, -0.2) is 5.91 Å². The third-order valence-corrected chi connectivity index (χ3v) is 4.10. The van der Waals surface area contributed by atoms with Crippen molar-refractivity contribution in [1.82, 2.24) is 5.32 Å². The molecule has 5 N–H and O–H groups in total. The zero-order valence-electron chi connectivity index (χ0n) is 10.7. The van der Waals surface area contributed by atoms with Crippen LogP contribution in [0.2, 0.25) is 5.02 Å². The van der Waals surface area contributed by atoms with Gasteiger partial charge in [-0.3, -0.25) is 9.93 Å². The lowest BCUT2D eigenvalue weighted by Crippen LogP contribution is -2.27. The molecule has 1 fully saturated rings. The second-order valence-electron chi connectivity index (χ2n) is 4.56. The van der Waals surface area contributed by atoms with E-state index >= 15 is 0 Å². The molecule has 0 aromatic heterocycles. The van der Waals surface area contributed by atoms with Crippen molar-refractivity contribution in [1.29, 1.82) is 0 Å². The van der Waals surface area contributed by atoms with E-state index in [-0.39, 0.29) is 23.0 Å². The van der Waals surface area contributed by atoms with Gasteiger partial charge in [0, 0.05) is 22.8 Å². The van der Waals surface area contributed by atoms with Crippen molar-refractivity contribution in [2.45, 2.75) is 19.4 Å². The number of hydrogen-bond donors (Lipinski definition) is 3. The van der Waals surface area contributed by atoms with Gasteiger partial charge in [0.05, 0.1) is 0 Å². The monoisotopic (exact) mass is 315 g/mol. The van der Waals surface area contributed by atoms with Crippen LogP contribution in [0.3, 0.4) is 0 Å². The minimum Gasteiger partial charge on any atom is -0.401 e. The second kappa shape index (κ2) is 6.47. The number of hydrogen-bond acceptors (Lipinski definition) is 4. The second-order valence-corrected chi connectivity index (χ2v) is 5.61. The van der Waals surface area contributed by atoms with Gasteiger partial charge in [-0.25, -0.2) is 4.39 Å². The molecule has 1 aliphatic carbocycles. The zero-order chi connectivity index (χ0) is 14.7. The summed E-state index contributed by atoms with van der Waals surface area (Å²) in [5.74, 6) is -0.621. The van der Waals surface area contributed by atoms with Crippen LogP contribution in [0.1, 0.15) is 18.4 Å². The first-order chi connectivity index (χ1) is 9.54. The SMILES string of the molecule is NS/C(C(=O)NCc1c(F)cccc1Cl)=C(\N)C1CC1. The summed E-state index contributed by atoms with van der Waals surface area (Å²) in [7, 11) is 0. The topological polar surface area (TPSA) is 81.1 Å². The first kappa shape index (κ1) is 15.2. The molecular formula is C13H15ClFN3OS. The number of amides is 1. The van der Waals surface area contributed by atoms with Crippen LogP contribution < -0.4 is 16.2 Å². The quantitative estimate of drug-likeness (QED) is 0.575. The smallest absolute Gasteiger partial charge is 0.261 e. The Morgan fingerprint density at radius 2 is 2.20 bits per heavy atom. The molecule has 1 aromatic carbocycles. The van der Waals surface area contributed by atoms with Gasteiger partial charge in [-0.15, -0.1) is 0 Å².